The van der Waals surface area contributed by atoms with Crippen molar-refractivity contribution in [3.05, 3.63) is 65.7 Å². The molecule has 0 atom stereocenters. The lowest BCUT2D eigenvalue weighted by atomic mass is 10.0. The van der Waals surface area contributed by atoms with Gasteiger partial charge in [0.25, 0.3) is 0 Å². The Labute approximate surface area is 90.3 Å². The van der Waals surface area contributed by atoms with Gasteiger partial charge in [0.2, 0.25) is 0 Å². The molecule has 2 rings (SSSR count). The van der Waals surface area contributed by atoms with E-state index >= 15 is 0 Å². The van der Waals surface area contributed by atoms with E-state index < -0.39 is 0 Å². The zero-order valence-corrected chi connectivity index (χ0v) is 8.73. The summed E-state index contributed by atoms with van der Waals surface area (Å²) < 4.78 is 5.31. The lowest BCUT2D eigenvalue weighted by Gasteiger charge is -2.07. The first-order chi connectivity index (χ1) is 7.40. The van der Waals surface area contributed by atoms with Crippen molar-refractivity contribution in [1.29, 1.82) is 0 Å². The molecule has 0 aliphatic heterocycles. The highest BCUT2D eigenvalue weighted by Crippen LogP contribution is 2.20. The molecule has 0 saturated heterocycles. The fourth-order valence-corrected chi connectivity index (χ4v) is 1.61. The van der Waals surface area contributed by atoms with Crippen LogP contribution in [0.15, 0.2) is 48.5 Å². The molecule has 0 aliphatic carbocycles. The summed E-state index contributed by atoms with van der Waals surface area (Å²) in [5, 5.41) is 0. The maximum absolute atomic E-state index is 5.31. The molecule has 0 aromatic heterocycles. The van der Waals surface area contributed by atoms with Crippen LogP contribution in [0.1, 0.15) is 11.1 Å². The second-order valence-electron chi connectivity index (χ2n) is 3.40. The number of hydrogen-bond acceptors (Lipinski definition) is 1. The van der Waals surface area contributed by atoms with Crippen molar-refractivity contribution in [2.75, 3.05) is 7.11 Å². The summed E-state index contributed by atoms with van der Waals surface area (Å²) in [6.45, 7) is 0. The lowest BCUT2D eigenvalue weighted by Crippen LogP contribution is -1.92. The van der Waals surface area contributed by atoms with E-state index in [2.05, 4.69) is 18.2 Å². The molecule has 2 aromatic rings. The minimum absolute atomic E-state index is 0.890. The Morgan fingerprint density at radius 2 is 2.00 bits per heavy atom. The van der Waals surface area contributed by atoms with Gasteiger partial charge in [-0.25, -0.2) is 0 Å². The third-order valence-corrected chi connectivity index (χ3v) is 2.36. The maximum atomic E-state index is 5.31. The van der Waals surface area contributed by atoms with E-state index in [0.29, 0.717) is 0 Å². The van der Waals surface area contributed by atoms with Gasteiger partial charge in [0.15, 0.2) is 0 Å². The van der Waals surface area contributed by atoms with Gasteiger partial charge in [-0.3, -0.25) is 0 Å². The largest absolute Gasteiger partial charge is 0.496 e. The van der Waals surface area contributed by atoms with Crippen molar-refractivity contribution in [3.63, 3.8) is 0 Å². The molecule has 0 saturated carbocycles. The standard InChI is InChI=1S/C14H13O/c1-15-14-10-6-5-9-13(14)11-12-7-3-2-4-8-12/h2-3,5-10H,11H2,1H3. The van der Waals surface area contributed by atoms with Crippen LogP contribution in [0, 0.1) is 6.07 Å². The van der Waals surface area contributed by atoms with Gasteiger partial charge in [0, 0.05) is 6.42 Å². The molecule has 75 valence electrons. The normalized spacial score (nSPS) is 9.93. The Kier molecular flexibility index (Phi) is 3.03. The van der Waals surface area contributed by atoms with Crippen molar-refractivity contribution in [2.45, 2.75) is 6.42 Å². The quantitative estimate of drug-likeness (QED) is 0.734. The number of benzene rings is 2. The molecular weight excluding hydrogens is 184 g/mol. The molecule has 1 heteroatoms. The zero-order valence-electron chi connectivity index (χ0n) is 8.73. The highest BCUT2D eigenvalue weighted by molar-refractivity contribution is 5.37. The first kappa shape index (κ1) is 9.78. The molecule has 1 nitrogen and oxygen atoms in total. The molecule has 0 unspecified atom stereocenters. The van der Waals surface area contributed by atoms with E-state index in [1.165, 1.54) is 11.1 Å². The average molecular weight is 197 g/mol. The lowest BCUT2D eigenvalue weighted by molar-refractivity contribution is 0.410. The second-order valence-corrected chi connectivity index (χ2v) is 3.40. The van der Waals surface area contributed by atoms with E-state index in [0.717, 1.165) is 12.2 Å². The van der Waals surface area contributed by atoms with E-state index in [9.17, 15) is 0 Å². The third kappa shape index (κ3) is 2.38. The number of ether oxygens (including phenoxy) is 1. The summed E-state index contributed by atoms with van der Waals surface area (Å²) in [5.74, 6) is 0.946. The Bertz CT molecular complexity index is 420. The van der Waals surface area contributed by atoms with Crippen LogP contribution in [0.2, 0.25) is 0 Å². The van der Waals surface area contributed by atoms with E-state index in [4.69, 9.17) is 4.74 Å². The highest BCUT2D eigenvalue weighted by Gasteiger charge is 2.01. The Hall–Kier alpha value is -1.76. The fraction of sp³-hybridized carbons (Fsp3) is 0.143. The summed E-state index contributed by atoms with van der Waals surface area (Å²) in [5.41, 5.74) is 2.46. The van der Waals surface area contributed by atoms with Gasteiger partial charge in [-0.1, -0.05) is 42.5 Å². The van der Waals surface area contributed by atoms with Crippen molar-refractivity contribution in [3.8, 4) is 5.75 Å². The first-order valence-corrected chi connectivity index (χ1v) is 4.97. The molecule has 1 radical (unpaired) electrons. The summed E-state index contributed by atoms with van der Waals surface area (Å²) in [6, 6.07) is 19.2. The Morgan fingerprint density at radius 1 is 1.13 bits per heavy atom. The monoisotopic (exact) mass is 197 g/mol. The molecule has 0 heterocycles. The first-order valence-electron chi connectivity index (χ1n) is 4.97. The van der Waals surface area contributed by atoms with Crippen LogP contribution >= 0.6 is 0 Å². The SMILES string of the molecule is COc1ccccc1Cc1c[c]ccc1. The van der Waals surface area contributed by atoms with Gasteiger partial charge in [-0.15, -0.1) is 0 Å². The Morgan fingerprint density at radius 3 is 2.73 bits per heavy atom. The molecule has 0 amide bonds. The molecule has 0 bridgehead atoms. The molecular formula is C14H13O. The predicted octanol–water partition coefficient (Wildman–Crippen LogP) is 3.09. The van der Waals surface area contributed by atoms with Crippen LogP contribution in [0.4, 0.5) is 0 Å². The maximum Gasteiger partial charge on any atom is 0.122 e. The van der Waals surface area contributed by atoms with Gasteiger partial charge in [0.05, 0.1) is 7.11 Å². The van der Waals surface area contributed by atoms with Crippen LogP contribution < -0.4 is 4.74 Å². The fourth-order valence-electron chi connectivity index (χ4n) is 1.61. The smallest absolute Gasteiger partial charge is 0.122 e. The number of rotatable bonds is 3. The van der Waals surface area contributed by atoms with Gasteiger partial charge in [-0.05, 0) is 23.3 Å². The highest BCUT2D eigenvalue weighted by atomic mass is 16.5. The van der Waals surface area contributed by atoms with Crippen molar-refractivity contribution < 1.29 is 4.74 Å². The molecule has 0 N–H and O–H groups in total. The summed E-state index contributed by atoms with van der Waals surface area (Å²) in [4.78, 5) is 0. The number of methoxy groups -OCH3 is 1. The topological polar surface area (TPSA) is 9.23 Å². The van der Waals surface area contributed by atoms with E-state index in [-0.39, 0.29) is 0 Å². The van der Waals surface area contributed by atoms with Crippen molar-refractivity contribution in [1.82, 2.24) is 0 Å². The summed E-state index contributed by atoms with van der Waals surface area (Å²) >= 11 is 0. The number of para-hydroxylation sites is 1. The number of hydrogen-bond donors (Lipinski definition) is 0. The average Bonchev–Trinajstić information content (AvgIpc) is 2.31. The van der Waals surface area contributed by atoms with E-state index in [1.807, 2.05) is 36.4 Å². The van der Waals surface area contributed by atoms with Crippen LogP contribution in [0.25, 0.3) is 0 Å². The van der Waals surface area contributed by atoms with Gasteiger partial charge in [0.1, 0.15) is 5.75 Å². The third-order valence-electron chi connectivity index (χ3n) is 2.36. The van der Waals surface area contributed by atoms with E-state index in [1.54, 1.807) is 7.11 Å². The Balaban J connectivity index is 2.24. The molecule has 0 fully saturated rings. The molecule has 2 aromatic carbocycles. The summed E-state index contributed by atoms with van der Waals surface area (Å²) in [7, 11) is 1.70. The zero-order chi connectivity index (χ0) is 10.5. The van der Waals surface area contributed by atoms with Crippen molar-refractivity contribution >= 4 is 0 Å². The minimum atomic E-state index is 0.890. The van der Waals surface area contributed by atoms with Crippen LogP contribution in [-0.2, 0) is 6.42 Å². The second kappa shape index (κ2) is 4.65. The summed E-state index contributed by atoms with van der Waals surface area (Å²) in [6.07, 6.45) is 0.890. The van der Waals surface area contributed by atoms with Crippen LogP contribution in [-0.4, -0.2) is 7.11 Å². The minimum Gasteiger partial charge on any atom is -0.496 e. The van der Waals surface area contributed by atoms with Gasteiger partial charge in [-0.2, -0.15) is 0 Å². The van der Waals surface area contributed by atoms with Gasteiger partial charge >= 0.3 is 0 Å². The molecule has 0 spiro atoms. The van der Waals surface area contributed by atoms with Crippen LogP contribution in [0.5, 0.6) is 5.75 Å². The molecule has 15 heavy (non-hydrogen) atoms. The van der Waals surface area contributed by atoms with Crippen LogP contribution in [0.3, 0.4) is 0 Å². The predicted molar refractivity (Wildman–Crippen MR) is 61.1 cm³/mol. The van der Waals surface area contributed by atoms with Crippen molar-refractivity contribution in [2.24, 2.45) is 0 Å². The molecule has 0 aliphatic rings. The van der Waals surface area contributed by atoms with Gasteiger partial charge < -0.3 is 4.74 Å².